The summed E-state index contributed by atoms with van der Waals surface area (Å²) in [7, 11) is -1.54. The van der Waals surface area contributed by atoms with Crippen LogP contribution >= 0.6 is 0 Å². The second kappa shape index (κ2) is 6.93. The monoisotopic (exact) mass is 312 g/mol. The predicted octanol–water partition coefficient (Wildman–Crippen LogP) is 2.08. The van der Waals surface area contributed by atoms with Gasteiger partial charge in [-0.3, -0.25) is 9.00 Å². The SMILES string of the molecule is CCOc1ccc(N)c(S(=O)C(C)C(=O)NC(C)(C)C)c1. The molecule has 0 heterocycles. The zero-order chi connectivity index (χ0) is 16.2. The molecule has 0 saturated heterocycles. The number of nitrogen functional groups attached to an aromatic ring is 1. The minimum Gasteiger partial charge on any atom is -0.494 e. The van der Waals surface area contributed by atoms with Gasteiger partial charge in [-0.15, -0.1) is 0 Å². The minimum absolute atomic E-state index is 0.262. The van der Waals surface area contributed by atoms with Crippen LogP contribution in [0.1, 0.15) is 34.6 Å². The summed E-state index contributed by atoms with van der Waals surface area (Å²) in [4.78, 5) is 12.5. The van der Waals surface area contributed by atoms with E-state index in [1.54, 1.807) is 25.1 Å². The number of hydrogen-bond donors (Lipinski definition) is 2. The number of ether oxygens (including phenoxy) is 1. The quantitative estimate of drug-likeness (QED) is 0.816. The zero-order valence-electron chi connectivity index (χ0n) is 13.2. The van der Waals surface area contributed by atoms with Crippen molar-refractivity contribution in [2.45, 2.75) is 50.3 Å². The number of amides is 1. The molecule has 0 fully saturated rings. The van der Waals surface area contributed by atoms with Gasteiger partial charge in [-0.1, -0.05) is 0 Å². The lowest BCUT2D eigenvalue weighted by atomic mass is 10.1. The van der Waals surface area contributed by atoms with E-state index in [1.807, 2.05) is 27.7 Å². The van der Waals surface area contributed by atoms with E-state index in [0.29, 0.717) is 22.9 Å². The van der Waals surface area contributed by atoms with Gasteiger partial charge in [0, 0.05) is 11.2 Å². The Hall–Kier alpha value is -1.56. The lowest BCUT2D eigenvalue weighted by Crippen LogP contribution is -2.46. The Bertz CT molecular complexity index is 538. The third kappa shape index (κ3) is 5.04. The molecule has 1 aromatic carbocycles. The zero-order valence-corrected chi connectivity index (χ0v) is 14.0. The van der Waals surface area contributed by atoms with Crippen LogP contribution in [0.4, 0.5) is 5.69 Å². The average molecular weight is 312 g/mol. The summed E-state index contributed by atoms with van der Waals surface area (Å²) in [6, 6.07) is 5.00. The highest BCUT2D eigenvalue weighted by Crippen LogP contribution is 2.25. The van der Waals surface area contributed by atoms with E-state index in [1.165, 1.54) is 0 Å². The van der Waals surface area contributed by atoms with Crippen molar-refractivity contribution in [3.05, 3.63) is 18.2 Å². The maximum atomic E-state index is 12.6. The first kappa shape index (κ1) is 17.5. The summed E-state index contributed by atoms with van der Waals surface area (Å²) in [6.45, 7) is 9.65. The van der Waals surface area contributed by atoms with Gasteiger partial charge in [0.2, 0.25) is 5.91 Å². The highest BCUT2D eigenvalue weighted by atomic mass is 32.2. The number of carbonyl (C=O) groups is 1. The van der Waals surface area contributed by atoms with E-state index < -0.39 is 16.0 Å². The van der Waals surface area contributed by atoms with Crippen LogP contribution in [0.5, 0.6) is 5.75 Å². The van der Waals surface area contributed by atoms with E-state index in [-0.39, 0.29) is 11.4 Å². The van der Waals surface area contributed by atoms with E-state index in [4.69, 9.17) is 10.5 Å². The third-order valence-electron chi connectivity index (χ3n) is 2.70. The molecule has 6 heteroatoms. The molecular formula is C15H24N2O3S. The lowest BCUT2D eigenvalue weighted by Gasteiger charge is -2.23. The van der Waals surface area contributed by atoms with E-state index in [0.717, 1.165) is 0 Å². The number of hydrogen-bond acceptors (Lipinski definition) is 4. The van der Waals surface area contributed by atoms with Gasteiger partial charge in [0.15, 0.2) is 0 Å². The van der Waals surface area contributed by atoms with Crippen LogP contribution in [0.3, 0.4) is 0 Å². The van der Waals surface area contributed by atoms with Crippen LogP contribution in [0.2, 0.25) is 0 Å². The molecule has 5 nitrogen and oxygen atoms in total. The number of benzene rings is 1. The molecule has 0 aliphatic rings. The number of anilines is 1. The Morgan fingerprint density at radius 2 is 2.05 bits per heavy atom. The normalized spacial score (nSPS) is 14.3. The first-order valence-electron chi connectivity index (χ1n) is 6.90. The molecule has 1 amide bonds. The summed E-state index contributed by atoms with van der Waals surface area (Å²) < 4.78 is 17.9. The van der Waals surface area contributed by atoms with Gasteiger partial charge in [-0.25, -0.2) is 0 Å². The fourth-order valence-electron chi connectivity index (χ4n) is 1.70. The van der Waals surface area contributed by atoms with E-state index in [2.05, 4.69) is 5.32 Å². The highest BCUT2D eigenvalue weighted by molar-refractivity contribution is 7.86. The first-order valence-corrected chi connectivity index (χ1v) is 8.12. The summed E-state index contributed by atoms with van der Waals surface area (Å²) in [5.41, 5.74) is 5.90. The maximum absolute atomic E-state index is 12.6. The van der Waals surface area contributed by atoms with Crippen molar-refractivity contribution in [1.29, 1.82) is 0 Å². The second-order valence-corrected chi connectivity index (χ2v) is 7.55. The molecule has 0 saturated carbocycles. The van der Waals surface area contributed by atoms with Crippen LogP contribution in [0.25, 0.3) is 0 Å². The van der Waals surface area contributed by atoms with Gasteiger partial charge in [-0.2, -0.15) is 0 Å². The van der Waals surface area contributed by atoms with Crippen molar-refractivity contribution >= 4 is 22.4 Å². The molecule has 0 spiro atoms. The molecule has 0 radical (unpaired) electrons. The smallest absolute Gasteiger partial charge is 0.236 e. The Kier molecular flexibility index (Phi) is 5.78. The van der Waals surface area contributed by atoms with Crippen molar-refractivity contribution in [3.63, 3.8) is 0 Å². The highest BCUT2D eigenvalue weighted by Gasteiger charge is 2.26. The van der Waals surface area contributed by atoms with Crippen molar-refractivity contribution in [2.75, 3.05) is 12.3 Å². The van der Waals surface area contributed by atoms with E-state index in [9.17, 15) is 9.00 Å². The molecule has 2 unspecified atom stereocenters. The van der Waals surface area contributed by atoms with Crippen LogP contribution < -0.4 is 15.8 Å². The Morgan fingerprint density at radius 3 is 2.57 bits per heavy atom. The summed E-state index contributed by atoms with van der Waals surface area (Å²) in [5, 5.41) is 2.13. The van der Waals surface area contributed by atoms with Gasteiger partial charge in [0.25, 0.3) is 0 Å². The molecule has 21 heavy (non-hydrogen) atoms. The van der Waals surface area contributed by atoms with Crippen LogP contribution in [-0.4, -0.2) is 27.5 Å². The van der Waals surface area contributed by atoms with Crippen molar-refractivity contribution in [3.8, 4) is 5.75 Å². The molecule has 118 valence electrons. The summed E-state index contributed by atoms with van der Waals surface area (Å²) in [6.07, 6.45) is 0. The largest absolute Gasteiger partial charge is 0.494 e. The number of nitrogens with two attached hydrogens (primary N) is 1. The fourth-order valence-corrected chi connectivity index (χ4v) is 2.87. The summed E-state index contributed by atoms with van der Waals surface area (Å²) >= 11 is 0. The summed E-state index contributed by atoms with van der Waals surface area (Å²) in [5.74, 6) is 0.334. The predicted molar refractivity (Wildman–Crippen MR) is 85.8 cm³/mol. The molecular weight excluding hydrogens is 288 g/mol. The Labute approximate surface area is 128 Å². The average Bonchev–Trinajstić information content (AvgIpc) is 2.37. The van der Waals surface area contributed by atoms with Crippen LogP contribution in [0.15, 0.2) is 23.1 Å². The molecule has 0 aliphatic carbocycles. The van der Waals surface area contributed by atoms with Crippen LogP contribution in [-0.2, 0) is 15.6 Å². The maximum Gasteiger partial charge on any atom is 0.236 e. The second-order valence-electron chi connectivity index (χ2n) is 5.81. The topological polar surface area (TPSA) is 81.4 Å². The van der Waals surface area contributed by atoms with Crippen molar-refractivity contribution in [2.24, 2.45) is 0 Å². The van der Waals surface area contributed by atoms with Crippen LogP contribution in [0, 0.1) is 0 Å². The van der Waals surface area contributed by atoms with Gasteiger partial charge in [0.1, 0.15) is 11.0 Å². The van der Waals surface area contributed by atoms with Gasteiger partial charge in [-0.05, 0) is 52.8 Å². The van der Waals surface area contributed by atoms with E-state index >= 15 is 0 Å². The molecule has 1 aromatic rings. The molecule has 0 aliphatic heterocycles. The first-order chi connectivity index (χ1) is 9.65. The molecule has 0 bridgehead atoms. The molecule has 1 rings (SSSR count). The minimum atomic E-state index is -1.54. The van der Waals surface area contributed by atoms with Crippen molar-refractivity contribution < 1.29 is 13.7 Å². The Morgan fingerprint density at radius 1 is 1.43 bits per heavy atom. The molecule has 0 aromatic heterocycles. The van der Waals surface area contributed by atoms with Gasteiger partial charge < -0.3 is 15.8 Å². The Balaban J connectivity index is 2.97. The number of rotatable bonds is 5. The fraction of sp³-hybridized carbons (Fsp3) is 0.533. The number of carbonyl (C=O) groups excluding carboxylic acids is 1. The molecule has 2 atom stereocenters. The number of nitrogens with one attached hydrogen (secondary N) is 1. The van der Waals surface area contributed by atoms with Gasteiger partial charge in [0.05, 0.1) is 22.3 Å². The lowest BCUT2D eigenvalue weighted by molar-refractivity contribution is -0.121. The molecule has 3 N–H and O–H groups in total. The third-order valence-corrected chi connectivity index (χ3v) is 4.34. The van der Waals surface area contributed by atoms with Gasteiger partial charge >= 0.3 is 0 Å². The standard InChI is InChI=1S/C15H24N2O3S/c1-6-20-11-7-8-12(16)13(9-11)21(19)10(2)14(18)17-15(3,4)5/h7-10H,6,16H2,1-5H3,(H,17,18). The van der Waals surface area contributed by atoms with Crippen molar-refractivity contribution in [1.82, 2.24) is 5.32 Å².